The van der Waals surface area contributed by atoms with E-state index in [9.17, 15) is 14.4 Å². The summed E-state index contributed by atoms with van der Waals surface area (Å²) < 4.78 is 5.63. The van der Waals surface area contributed by atoms with E-state index < -0.39 is 17.3 Å². The largest absolute Gasteiger partial charge is 0.480 e. The number of anilines is 1. The molecule has 0 aromatic heterocycles. The zero-order chi connectivity index (χ0) is 29.2. The third-order valence-corrected chi connectivity index (χ3v) is 7.51. The molecule has 0 saturated carbocycles. The Morgan fingerprint density at radius 1 is 1.05 bits per heavy atom. The molecule has 5 N–H and O–H groups in total. The molecule has 0 radical (unpaired) electrons. The number of carboxylic acid groups (broad SMARTS) is 1. The molecule has 1 fully saturated rings. The van der Waals surface area contributed by atoms with Crippen LogP contribution in [-0.2, 0) is 20.7 Å². The summed E-state index contributed by atoms with van der Waals surface area (Å²) in [7, 11) is 0. The Morgan fingerprint density at radius 3 is 2.22 bits per heavy atom. The van der Waals surface area contributed by atoms with E-state index in [1.54, 1.807) is 24.3 Å². The first-order valence-electron chi connectivity index (χ1n) is 13.5. The van der Waals surface area contributed by atoms with Crippen molar-refractivity contribution >= 4 is 47.7 Å². The van der Waals surface area contributed by atoms with E-state index in [0.29, 0.717) is 24.3 Å². The van der Waals surface area contributed by atoms with Crippen molar-refractivity contribution in [3.8, 4) is 0 Å². The minimum Gasteiger partial charge on any atom is -0.480 e. The summed E-state index contributed by atoms with van der Waals surface area (Å²) >= 11 is 10.3. The molecule has 2 aromatic rings. The first kappa shape index (κ1) is 34.5. The Labute approximate surface area is 252 Å². The number of nitrogens with two attached hydrogens (primary N) is 1. The van der Waals surface area contributed by atoms with Crippen molar-refractivity contribution in [2.24, 2.45) is 5.73 Å². The number of rotatable bonds is 13. The molecule has 0 aliphatic carbocycles. The minimum absolute atomic E-state index is 0. The lowest BCUT2D eigenvalue weighted by atomic mass is 10.1. The summed E-state index contributed by atoms with van der Waals surface area (Å²) in [5.41, 5.74) is 7.97. The molecule has 2 aromatic carbocycles. The van der Waals surface area contributed by atoms with Crippen LogP contribution in [0.3, 0.4) is 0 Å². The Balaban J connectivity index is 0.00000588. The van der Waals surface area contributed by atoms with Crippen LogP contribution in [0.5, 0.6) is 0 Å². The summed E-state index contributed by atoms with van der Waals surface area (Å²) in [6.07, 6.45) is 0.808. The summed E-state index contributed by atoms with van der Waals surface area (Å²) in [5.74, 6) is -1.61. The third kappa shape index (κ3) is 10.6. The average molecular weight is 609 g/mol. The van der Waals surface area contributed by atoms with Crippen molar-refractivity contribution in [3.05, 3.63) is 64.7 Å². The van der Waals surface area contributed by atoms with Gasteiger partial charge in [0.2, 0.25) is 5.91 Å². The van der Waals surface area contributed by atoms with Gasteiger partial charge >= 0.3 is 5.97 Å². The predicted molar refractivity (Wildman–Crippen MR) is 164 cm³/mol. The van der Waals surface area contributed by atoms with Crippen molar-refractivity contribution in [1.29, 1.82) is 0 Å². The molecule has 3 rings (SSSR count). The fraction of sp³-hybridized carbons (Fsp3) is 0.483. The summed E-state index contributed by atoms with van der Waals surface area (Å²) in [5, 5.41) is 8.94. The molecule has 1 saturated heterocycles. The molecular weight excluding hydrogens is 568 g/mol. The Bertz CT molecular complexity index is 1130. The highest BCUT2D eigenvalue weighted by atomic mass is 35.5. The predicted octanol–water partition coefficient (Wildman–Crippen LogP) is 2.37. The molecule has 226 valence electrons. The first-order chi connectivity index (χ1) is 19.0. The van der Waals surface area contributed by atoms with Gasteiger partial charge in [-0.15, -0.1) is 0 Å². The average Bonchev–Trinajstić information content (AvgIpc) is 2.94. The third-order valence-electron chi connectivity index (χ3n) is 6.83. The van der Waals surface area contributed by atoms with Crippen LogP contribution < -0.4 is 10.6 Å². The second kappa shape index (κ2) is 16.7. The number of amides is 2. The quantitative estimate of drug-likeness (QED) is 0.296. The Kier molecular flexibility index (Phi) is 14.1. The summed E-state index contributed by atoms with van der Waals surface area (Å²) in [6.45, 7) is 8.16. The number of thiol groups is 1. The zero-order valence-electron chi connectivity index (χ0n) is 23.5. The Hall–Kier alpha value is -2.67. The van der Waals surface area contributed by atoms with E-state index in [4.69, 9.17) is 27.2 Å². The van der Waals surface area contributed by atoms with E-state index >= 15 is 0 Å². The van der Waals surface area contributed by atoms with Crippen molar-refractivity contribution in [3.63, 3.8) is 0 Å². The number of hydrogen-bond donors (Lipinski definition) is 3. The molecule has 0 spiro atoms. The first-order valence-corrected chi connectivity index (χ1v) is 14.4. The number of benzene rings is 2. The Morgan fingerprint density at radius 2 is 1.66 bits per heavy atom. The van der Waals surface area contributed by atoms with Crippen LogP contribution >= 0.6 is 24.2 Å². The molecule has 10 nitrogen and oxygen atoms in total. The number of piperazine rings is 1. The monoisotopic (exact) mass is 608 g/mol. The van der Waals surface area contributed by atoms with E-state index in [-0.39, 0.29) is 43.0 Å². The van der Waals surface area contributed by atoms with Gasteiger partial charge < -0.3 is 30.9 Å². The lowest BCUT2D eigenvalue weighted by molar-refractivity contribution is -0.138. The molecule has 1 aliphatic rings. The molecule has 1 unspecified atom stereocenters. The highest BCUT2D eigenvalue weighted by Gasteiger charge is 2.27. The van der Waals surface area contributed by atoms with Gasteiger partial charge in [-0.3, -0.25) is 19.3 Å². The normalized spacial score (nSPS) is 15.2. The van der Waals surface area contributed by atoms with Crippen molar-refractivity contribution in [1.82, 2.24) is 9.80 Å². The van der Waals surface area contributed by atoms with Gasteiger partial charge in [0.15, 0.2) is 0 Å². The number of hydrogen-bond acceptors (Lipinski definition) is 7. The highest BCUT2D eigenvalue weighted by Crippen LogP contribution is 2.21. The molecule has 0 bridgehead atoms. The van der Waals surface area contributed by atoms with Gasteiger partial charge in [-0.05, 0) is 68.7 Å². The van der Waals surface area contributed by atoms with Gasteiger partial charge in [-0.25, -0.2) is 0 Å². The van der Waals surface area contributed by atoms with E-state index in [1.807, 2.05) is 43.0 Å². The molecular formula is C29H41ClN4O6S. The van der Waals surface area contributed by atoms with Crippen molar-refractivity contribution < 1.29 is 29.7 Å². The standard InChI is InChI=1S/C29H39ClN4O5S.H2O/c1-20(2)39-18-17-34(28(36)26(40)19-25(31)29(37)38)24-9-5-22(6-10-24)27(35)33-15-13-32(14-16-33)12-11-21-3-7-23(30)8-4-21;/h3-10,20,25-26,40H,11-19,31H2,1-2H3,(H,37,38);1H2/t25?,26-;/m0./s1. The van der Waals surface area contributed by atoms with Crippen LogP contribution in [0.25, 0.3) is 0 Å². The number of carbonyl (C=O) groups is 3. The molecule has 2 amide bonds. The molecule has 41 heavy (non-hydrogen) atoms. The van der Waals surface area contributed by atoms with Crippen molar-refractivity contribution in [2.75, 3.05) is 50.8 Å². The number of carboxylic acids is 1. The van der Waals surface area contributed by atoms with Crippen LogP contribution in [0.2, 0.25) is 5.02 Å². The summed E-state index contributed by atoms with van der Waals surface area (Å²) in [4.78, 5) is 43.2. The lowest BCUT2D eigenvalue weighted by Crippen LogP contribution is -2.49. The zero-order valence-corrected chi connectivity index (χ0v) is 25.2. The van der Waals surface area contributed by atoms with Crippen LogP contribution in [0.15, 0.2) is 48.5 Å². The SMILES string of the molecule is CC(C)OCCN(C(=O)[C@@H](S)CC(N)C(=O)O)c1ccc(C(=O)N2CCN(CCc3ccc(Cl)cc3)CC2)cc1.O. The molecule has 2 atom stereocenters. The van der Waals surface area contributed by atoms with Crippen LogP contribution in [0.4, 0.5) is 5.69 Å². The summed E-state index contributed by atoms with van der Waals surface area (Å²) in [6, 6.07) is 13.6. The molecule has 12 heteroatoms. The number of carbonyl (C=O) groups excluding carboxylic acids is 2. The lowest BCUT2D eigenvalue weighted by Gasteiger charge is -2.35. The van der Waals surface area contributed by atoms with Gasteiger partial charge in [0.25, 0.3) is 5.91 Å². The number of aliphatic carboxylic acids is 1. The van der Waals surface area contributed by atoms with Gasteiger partial charge in [-0.1, -0.05) is 23.7 Å². The number of nitrogens with zero attached hydrogens (tertiary/aromatic N) is 3. The number of halogens is 1. The van der Waals surface area contributed by atoms with Gasteiger partial charge in [0, 0.05) is 55.5 Å². The number of ether oxygens (including phenoxy) is 1. The van der Waals surface area contributed by atoms with Crippen LogP contribution in [-0.4, -0.2) is 101 Å². The maximum atomic E-state index is 13.2. The van der Waals surface area contributed by atoms with Gasteiger partial charge in [-0.2, -0.15) is 12.6 Å². The fourth-order valence-corrected chi connectivity index (χ4v) is 4.94. The fourth-order valence-electron chi connectivity index (χ4n) is 4.45. The molecule has 1 aliphatic heterocycles. The van der Waals surface area contributed by atoms with Gasteiger partial charge in [0.05, 0.1) is 18.0 Å². The van der Waals surface area contributed by atoms with Crippen LogP contribution in [0, 0.1) is 0 Å². The highest BCUT2D eigenvalue weighted by molar-refractivity contribution is 7.81. The van der Waals surface area contributed by atoms with Crippen LogP contribution in [0.1, 0.15) is 36.2 Å². The van der Waals surface area contributed by atoms with Gasteiger partial charge in [0.1, 0.15) is 6.04 Å². The van der Waals surface area contributed by atoms with Crippen molar-refractivity contribution in [2.45, 2.75) is 44.1 Å². The second-order valence-electron chi connectivity index (χ2n) is 10.2. The van der Waals surface area contributed by atoms with E-state index in [2.05, 4.69) is 17.5 Å². The smallest absolute Gasteiger partial charge is 0.320 e. The second-order valence-corrected chi connectivity index (χ2v) is 11.2. The van der Waals surface area contributed by atoms with E-state index in [1.165, 1.54) is 10.5 Å². The topological polar surface area (TPSA) is 148 Å². The van der Waals surface area contributed by atoms with E-state index in [0.717, 1.165) is 31.1 Å². The maximum absolute atomic E-state index is 13.2. The molecule has 1 heterocycles. The maximum Gasteiger partial charge on any atom is 0.320 e. The minimum atomic E-state index is -1.20.